The van der Waals surface area contributed by atoms with Crippen molar-refractivity contribution in [2.24, 2.45) is 0 Å². The number of nitrogens with zero attached hydrogens (tertiary/aromatic N) is 1. The van der Waals surface area contributed by atoms with Crippen LogP contribution in [0.4, 0.5) is 4.79 Å². The summed E-state index contributed by atoms with van der Waals surface area (Å²) in [4.78, 5) is 36.7. The van der Waals surface area contributed by atoms with E-state index in [0.29, 0.717) is 23.4 Å². The number of hydrogen-bond donors (Lipinski definition) is 2. The van der Waals surface area contributed by atoms with Crippen LogP contribution in [0.15, 0.2) is 24.3 Å². The molecular weight excluding hydrogens is 306 g/mol. The maximum Gasteiger partial charge on any atom is 0.344 e. The number of halogens is 1. The smallest absolute Gasteiger partial charge is 0.322 e. The molecule has 0 unspecified atom stereocenters. The topological polar surface area (TPSA) is 78.5 Å². The van der Waals surface area contributed by atoms with Gasteiger partial charge in [0.1, 0.15) is 5.54 Å². The molecule has 2 N–H and O–H groups in total. The average molecular weight is 322 g/mol. The third kappa shape index (κ3) is 2.54. The maximum atomic E-state index is 12.5. The van der Waals surface area contributed by atoms with Crippen LogP contribution in [0.5, 0.6) is 0 Å². The molecule has 4 amide bonds. The van der Waals surface area contributed by atoms with Gasteiger partial charge in [0.05, 0.1) is 0 Å². The van der Waals surface area contributed by atoms with E-state index < -0.39 is 17.5 Å². The molecule has 1 aromatic rings. The monoisotopic (exact) mass is 321 g/mol. The van der Waals surface area contributed by atoms with Crippen molar-refractivity contribution in [1.29, 1.82) is 0 Å². The van der Waals surface area contributed by atoms with E-state index in [1.54, 1.807) is 12.1 Å². The fourth-order valence-electron chi connectivity index (χ4n) is 2.98. The van der Waals surface area contributed by atoms with E-state index in [1.807, 2.05) is 0 Å². The minimum atomic E-state index is -0.845. The second-order valence-electron chi connectivity index (χ2n) is 5.66. The molecule has 6 nitrogen and oxygen atoms in total. The highest BCUT2D eigenvalue weighted by molar-refractivity contribution is 6.30. The number of hydrazine groups is 1. The third-order valence-corrected chi connectivity index (χ3v) is 4.44. The van der Waals surface area contributed by atoms with Crippen LogP contribution in [0.1, 0.15) is 42.5 Å². The molecule has 1 aliphatic carbocycles. The first-order valence-corrected chi connectivity index (χ1v) is 7.63. The van der Waals surface area contributed by atoms with Crippen molar-refractivity contribution in [3.63, 3.8) is 0 Å². The van der Waals surface area contributed by atoms with Gasteiger partial charge in [-0.2, -0.15) is 5.01 Å². The van der Waals surface area contributed by atoms with Crippen LogP contribution in [0.3, 0.4) is 0 Å². The van der Waals surface area contributed by atoms with Crippen LogP contribution < -0.4 is 10.7 Å². The largest absolute Gasteiger partial charge is 0.344 e. The lowest BCUT2D eigenvalue weighted by molar-refractivity contribution is -0.134. The number of carbonyl (C=O) groups excluding carboxylic acids is 3. The summed E-state index contributed by atoms with van der Waals surface area (Å²) >= 11 is 5.77. The van der Waals surface area contributed by atoms with Crippen LogP contribution in [0.2, 0.25) is 5.02 Å². The van der Waals surface area contributed by atoms with Crippen LogP contribution in [0.25, 0.3) is 0 Å². The molecular formula is C15H16ClN3O3. The molecule has 1 heterocycles. The summed E-state index contributed by atoms with van der Waals surface area (Å²) < 4.78 is 0. The van der Waals surface area contributed by atoms with Gasteiger partial charge in [-0.3, -0.25) is 15.0 Å². The number of benzene rings is 1. The first-order valence-electron chi connectivity index (χ1n) is 7.25. The normalized spacial score (nSPS) is 20.1. The number of amides is 4. The van der Waals surface area contributed by atoms with Gasteiger partial charge in [-0.05, 0) is 37.1 Å². The second kappa shape index (κ2) is 5.61. The summed E-state index contributed by atoms with van der Waals surface area (Å²) in [5.74, 6) is -0.896. The summed E-state index contributed by atoms with van der Waals surface area (Å²) in [6, 6.07) is 5.64. The number of nitrogens with one attached hydrogen (secondary N) is 2. The molecule has 0 aromatic heterocycles. The lowest BCUT2D eigenvalue weighted by Crippen LogP contribution is -2.50. The molecule has 1 spiro atoms. The van der Waals surface area contributed by atoms with Crippen LogP contribution in [0, 0.1) is 0 Å². The molecule has 116 valence electrons. The highest BCUT2D eigenvalue weighted by atomic mass is 35.5. The zero-order valence-electron chi connectivity index (χ0n) is 11.9. The van der Waals surface area contributed by atoms with Crippen molar-refractivity contribution in [2.75, 3.05) is 0 Å². The Balaban J connectivity index is 1.74. The molecule has 0 bridgehead atoms. The number of hydrogen-bond acceptors (Lipinski definition) is 3. The predicted octanol–water partition coefficient (Wildman–Crippen LogP) is 2.24. The number of urea groups is 1. The molecule has 22 heavy (non-hydrogen) atoms. The Hall–Kier alpha value is -2.08. The Morgan fingerprint density at radius 1 is 1.14 bits per heavy atom. The first kappa shape index (κ1) is 14.8. The van der Waals surface area contributed by atoms with Gasteiger partial charge in [-0.25, -0.2) is 4.79 Å². The molecule has 1 aliphatic heterocycles. The fourth-order valence-corrected chi connectivity index (χ4v) is 3.11. The Labute approximate surface area is 132 Å². The highest BCUT2D eigenvalue weighted by Gasteiger charge is 2.52. The van der Waals surface area contributed by atoms with Gasteiger partial charge in [0.2, 0.25) is 0 Å². The van der Waals surface area contributed by atoms with Gasteiger partial charge in [0.25, 0.3) is 11.8 Å². The van der Waals surface area contributed by atoms with Crippen molar-refractivity contribution in [1.82, 2.24) is 15.8 Å². The van der Waals surface area contributed by atoms with Crippen molar-refractivity contribution < 1.29 is 14.4 Å². The molecule has 0 radical (unpaired) electrons. The van der Waals surface area contributed by atoms with Crippen LogP contribution >= 0.6 is 11.6 Å². The summed E-state index contributed by atoms with van der Waals surface area (Å²) in [5.41, 5.74) is 1.86. The van der Waals surface area contributed by atoms with Gasteiger partial charge >= 0.3 is 6.03 Å². The summed E-state index contributed by atoms with van der Waals surface area (Å²) in [6.45, 7) is 0. The van der Waals surface area contributed by atoms with Gasteiger partial charge < -0.3 is 5.32 Å². The van der Waals surface area contributed by atoms with E-state index in [-0.39, 0.29) is 5.91 Å². The van der Waals surface area contributed by atoms with Crippen molar-refractivity contribution in [2.45, 2.75) is 37.6 Å². The van der Waals surface area contributed by atoms with Gasteiger partial charge in [-0.1, -0.05) is 30.9 Å². The molecule has 7 heteroatoms. The number of rotatable bonds is 2. The van der Waals surface area contributed by atoms with E-state index in [2.05, 4.69) is 10.7 Å². The van der Waals surface area contributed by atoms with Gasteiger partial charge in [0, 0.05) is 10.6 Å². The predicted molar refractivity (Wildman–Crippen MR) is 80.1 cm³/mol. The lowest BCUT2D eigenvalue weighted by Gasteiger charge is -2.30. The molecule has 3 rings (SSSR count). The highest BCUT2D eigenvalue weighted by Crippen LogP contribution is 2.33. The quantitative estimate of drug-likeness (QED) is 0.820. The van der Waals surface area contributed by atoms with Crippen molar-refractivity contribution in [3.8, 4) is 0 Å². The van der Waals surface area contributed by atoms with Gasteiger partial charge in [-0.15, -0.1) is 0 Å². The summed E-state index contributed by atoms with van der Waals surface area (Å²) in [6.07, 6.45) is 4.08. The second-order valence-corrected chi connectivity index (χ2v) is 6.10. The van der Waals surface area contributed by atoms with E-state index in [9.17, 15) is 14.4 Å². The van der Waals surface area contributed by atoms with E-state index >= 15 is 0 Å². The standard InChI is InChI=1S/C15H16ClN3O3/c16-11-6-4-10(5-7-11)12(20)18-19-13(21)15(17-14(19)22)8-2-1-3-9-15/h4-7H,1-3,8-9H2,(H,17,22)(H,18,20). The zero-order chi connectivity index (χ0) is 15.7. The Morgan fingerprint density at radius 3 is 2.41 bits per heavy atom. The number of carbonyl (C=O) groups is 3. The summed E-state index contributed by atoms with van der Waals surface area (Å²) in [7, 11) is 0. The molecule has 1 saturated carbocycles. The molecule has 1 saturated heterocycles. The third-order valence-electron chi connectivity index (χ3n) is 4.19. The molecule has 2 aliphatic rings. The zero-order valence-corrected chi connectivity index (χ0v) is 12.7. The van der Waals surface area contributed by atoms with Crippen molar-refractivity contribution in [3.05, 3.63) is 34.9 Å². The molecule has 0 atom stereocenters. The minimum Gasteiger partial charge on any atom is -0.322 e. The lowest BCUT2D eigenvalue weighted by atomic mass is 9.82. The maximum absolute atomic E-state index is 12.5. The Kier molecular flexibility index (Phi) is 3.78. The SMILES string of the molecule is O=C(NN1C(=O)NC2(CCCCC2)C1=O)c1ccc(Cl)cc1. The van der Waals surface area contributed by atoms with Crippen LogP contribution in [-0.2, 0) is 4.79 Å². The fraction of sp³-hybridized carbons (Fsp3) is 0.400. The first-order chi connectivity index (χ1) is 10.5. The van der Waals surface area contributed by atoms with Gasteiger partial charge in [0.15, 0.2) is 0 Å². The number of imide groups is 1. The van der Waals surface area contributed by atoms with E-state index in [1.165, 1.54) is 12.1 Å². The Morgan fingerprint density at radius 2 is 1.77 bits per heavy atom. The van der Waals surface area contributed by atoms with Crippen LogP contribution in [-0.4, -0.2) is 28.4 Å². The van der Waals surface area contributed by atoms with E-state index in [0.717, 1.165) is 24.3 Å². The van der Waals surface area contributed by atoms with Crippen molar-refractivity contribution >= 4 is 29.4 Å². The minimum absolute atomic E-state index is 0.328. The Bertz CT molecular complexity index is 623. The van der Waals surface area contributed by atoms with E-state index in [4.69, 9.17) is 11.6 Å². The molecule has 1 aromatic carbocycles. The average Bonchev–Trinajstić information content (AvgIpc) is 2.73. The molecule has 2 fully saturated rings. The summed E-state index contributed by atoms with van der Waals surface area (Å²) in [5, 5.41) is 4.04.